The zero-order valence-electron chi connectivity index (χ0n) is 12.5. The molecule has 5 nitrogen and oxygen atoms in total. The van der Waals surface area contributed by atoms with Crippen molar-refractivity contribution in [1.82, 2.24) is 19.7 Å². The molecule has 0 radical (unpaired) electrons. The molecule has 0 N–H and O–H groups in total. The fourth-order valence-corrected chi connectivity index (χ4v) is 2.95. The summed E-state index contributed by atoms with van der Waals surface area (Å²) in [6, 6.07) is 10.3. The quantitative estimate of drug-likeness (QED) is 0.694. The van der Waals surface area contributed by atoms with Gasteiger partial charge in [-0.2, -0.15) is 10.4 Å². The van der Waals surface area contributed by atoms with Crippen molar-refractivity contribution in [3.8, 4) is 17.3 Å². The predicted molar refractivity (Wildman–Crippen MR) is 87.3 cm³/mol. The van der Waals surface area contributed by atoms with Gasteiger partial charge in [0.2, 0.25) is 0 Å². The van der Waals surface area contributed by atoms with E-state index in [9.17, 15) is 0 Å². The van der Waals surface area contributed by atoms with Crippen molar-refractivity contribution in [2.24, 2.45) is 5.92 Å². The van der Waals surface area contributed by atoms with Crippen LogP contribution in [0, 0.1) is 17.2 Å². The Bertz CT molecular complexity index is 912. The smallest absolute Gasteiger partial charge is 0.0924 e. The summed E-state index contributed by atoms with van der Waals surface area (Å²) in [4.78, 5) is 9.11. The number of nitrogens with zero attached hydrogens (tertiary/aromatic N) is 5. The number of hydrogen-bond donors (Lipinski definition) is 0. The molecule has 1 aliphatic rings. The second-order valence-corrected chi connectivity index (χ2v) is 5.83. The fourth-order valence-electron chi connectivity index (χ4n) is 2.95. The molecule has 5 heteroatoms. The van der Waals surface area contributed by atoms with E-state index in [1.54, 1.807) is 12.3 Å². The third kappa shape index (κ3) is 2.59. The van der Waals surface area contributed by atoms with Gasteiger partial charge in [-0.25, -0.2) is 4.98 Å². The van der Waals surface area contributed by atoms with Crippen molar-refractivity contribution in [2.45, 2.75) is 18.9 Å². The van der Waals surface area contributed by atoms with Gasteiger partial charge in [-0.15, -0.1) is 0 Å². The van der Waals surface area contributed by atoms with Gasteiger partial charge in [0, 0.05) is 17.8 Å². The number of benzene rings is 1. The topological polar surface area (TPSA) is 67.4 Å². The van der Waals surface area contributed by atoms with E-state index in [-0.39, 0.29) is 0 Å². The lowest BCUT2D eigenvalue weighted by molar-refractivity contribution is 0.224. The number of fused-ring (bicyclic) bond motifs is 1. The first-order chi connectivity index (χ1) is 11.3. The normalized spacial score (nSPS) is 20.5. The summed E-state index contributed by atoms with van der Waals surface area (Å²) in [6.07, 6.45) is 11.3. The molecule has 2 aromatic heterocycles. The second-order valence-electron chi connectivity index (χ2n) is 5.83. The SMILES string of the molecule is N#CC=CC1CC(n2cc(-c3cnc4ccccc4n3)cn2)C1. The first kappa shape index (κ1) is 13.6. The molecule has 0 atom stereocenters. The summed E-state index contributed by atoms with van der Waals surface area (Å²) in [5, 5.41) is 13.0. The van der Waals surface area contributed by atoms with Crippen molar-refractivity contribution in [2.75, 3.05) is 0 Å². The fraction of sp³-hybridized carbons (Fsp3) is 0.222. The Kier molecular flexibility index (Phi) is 3.35. The minimum atomic E-state index is 0.408. The molecular formula is C18H15N5. The molecule has 0 saturated heterocycles. The Morgan fingerprint density at radius 1 is 1.17 bits per heavy atom. The maximum Gasteiger partial charge on any atom is 0.0924 e. The molecule has 112 valence electrons. The van der Waals surface area contributed by atoms with Gasteiger partial charge in [0.25, 0.3) is 0 Å². The summed E-state index contributed by atoms with van der Waals surface area (Å²) in [7, 11) is 0. The van der Waals surface area contributed by atoms with E-state index < -0.39 is 0 Å². The van der Waals surface area contributed by atoms with Crippen LogP contribution in [-0.4, -0.2) is 19.7 Å². The average molecular weight is 301 g/mol. The number of nitriles is 1. The van der Waals surface area contributed by atoms with Crippen molar-refractivity contribution >= 4 is 11.0 Å². The summed E-state index contributed by atoms with van der Waals surface area (Å²) >= 11 is 0. The van der Waals surface area contributed by atoms with Crippen LogP contribution in [0.1, 0.15) is 18.9 Å². The third-order valence-corrected chi connectivity index (χ3v) is 4.31. The lowest BCUT2D eigenvalue weighted by Crippen LogP contribution is -2.25. The molecule has 2 heterocycles. The summed E-state index contributed by atoms with van der Waals surface area (Å²) in [6.45, 7) is 0. The zero-order chi connectivity index (χ0) is 15.6. The van der Waals surface area contributed by atoms with Crippen LogP contribution in [0.5, 0.6) is 0 Å². The molecule has 1 aromatic carbocycles. The van der Waals surface area contributed by atoms with Gasteiger partial charge < -0.3 is 0 Å². The molecule has 3 aromatic rings. The minimum absolute atomic E-state index is 0.408. The number of allylic oxidation sites excluding steroid dienone is 2. The molecule has 1 fully saturated rings. The van der Waals surface area contributed by atoms with Gasteiger partial charge in [-0.05, 0) is 30.9 Å². The van der Waals surface area contributed by atoms with Crippen LogP contribution in [0.4, 0.5) is 0 Å². The number of rotatable bonds is 3. The van der Waals surface area contributed by atoms with Crippen LogP contribution in [0.15, 0.2) is 55.0 Å². The second kappa shape index (κ2) is 5.65. The van der Waals surface area contributed by atoms with E-state index in [0.717, 1.165) is 35.1 Å². The van der Waals surface area contributed by atoms with E-state index in [2.05, 4.69) is 15.1 Å². The van der Waals surface area contributed by atoms with Gasteiger partial charge >= 0.3 is 0 Å². The number of aromatic nitrogens is 4. The van der Waals surface area contributed by atoms with E-state index >= 15 is 0 Å². The standard InChI is InChI=1S/C18H15N5/c19-7-3-4-13-8-15(9-13)23-12-14(10-21-23)18-11-20-16-5-1-2-6-17(16)22-18/h1-6,10-13,15H,8-9H2. The Labute approximate surface area is 133 Å². The van der Waals surface area contributed by atoms with E-state index in [4.69, 9.17) is 5.26 Å². The molecular weight excluding hydrogens is 286 g/mol. The van der Waals surface area contributed by atoms with Crippen molar-refractivity contribution in [1.29, 1.82) is 5.26 Å². The summed E-state index contributed by atoms with van der Waals surface area (Å²) in [5.41, 5.74) is 3.62. The zero-order valence-corrected chi connectivity index (χ0v) is 12.5. The largest absolute Gasteiger partial charge is 0.269 e. The van der Waals surface area contributed by atoms with E-state index in [1.807, 2.05) is 53.5 Å². The molecule has 4 rings (SSSR count). The molecule has 0 amide bonds. The first-order valence-corrected chi connectivity index (χ1v) is 7.66. The van der Waals surface area contributed by atoms with Gasteiger partial charge in [0.1, 0.15) is 0 Å². The lowest BCUT2D eigenvalue weighted by Gasteiger charge is -2.33. The minimum Gasteiger partial charge on any atom is -0.269 e. The summed E-state index contributed by atoms with van der Waals surface area (Å²) in [5.74, 6) is 0.493. The van der Waals surface area contributed by atoms with Gasteiger partial charge in [0.05, 0.1) is 41.2 Å². The average Bonchev–Trinajstić information content (AvgIpc) is 3.02. The molecule has 0 unspecified atom stereocenters. The highest BCUT2D eigenvalue weighted by Gasteiger charge is 2.29. The van der Waals surface area contributed by atoms with Crippen LogP contribution in [-0.2, 0) is 0 Å². The highest BCUT2D eigenvalue weighted by molar-refractivity contribution is 5.76. The predicted octanol–water partition coefficient (Wildman–Crippen LogP) is 3.52. The molecule has 0 aliphatic heterocycles. The maximum atomic E-state index is 8.56. The number of para-hydroxylation sites is 2. The van der Waals surface area contributed by atoms with Crippen molar-refractivity contribution in [3.05, 3.63) is 55.0 Å². The highest BCUT2D eigenvalue weighted by Crippen LogP contribution is 2.38. The summed E-state index contributed by atoms with van der Waals surface area (Å²) < 4.78 is 2.00. The molecule has 1 saturated carbocycles. The molecule has 1 aliphatic carbocycles. The van der Waals surface area contributed by atoms with Crippen LogP contribution in [0.3, 0.4) is 0 Å². The van der Waals surface area contributed by atoms with Crippen molar-refractivity contribution in [3.63, 3.8) is 0 Å². The first-order valence-electron chi connectivity index (χ1n) is 7.66. The van der Waals surface area contributed by atoms with Gasteiger partial charge in [-0.1, -0.05) is 18.2 Å². The lowest BCUT2D eigenvalue weighted by atomic mass is 9.80. The Morgan fingerprint density at radius 2 is 2.00 bits per heavy atom. The van der Waals surface area contributed by atoms with Crippen LogP contribution < -0.4 is 0 Å². The monoisotopic (exact) mass is 301 g/mol. The van der Waals surface area contributed by atoms with Gasteiger partial charge in [0.15, 0.2) is 0 Å². The third-order valence-electron chi connectivity index (χ3n) is 4.31. The van der Waals surface area contributed by atoms with Crippen LogP contribution >= 0.6 is 0 Å². The van der Waals surface area contributed by atoms with Crippen LogP contribution in [0.25, 0.3) is 22.3 Å². The number of hydrogen-bond acceptors (Lipinski definition) is 4. The Morgan fingerprint density at radius 3 is 2.83 bits per heavy atom. The van der Waals surface area contributed by atoms with E-state index in [1.165, 1.54) is 0 Å². The Hall–Kier alpha value is -3.00. The molecule has 23 heavy (non-hydrogen) atoms. The molecule has 0 spiro atoms. The maximum absolute atomic E-state index is 8.56. The van der Waals surface area contributed by atoms with Crippen molar-refractivity contribution < 1.29 is 0 Å². The van der Waals surface area contributed by atoms with Gasteiger partial charge in [-0.3, -0.25) is 9.67 Å². The van der Waals surface area contributed by atoms with Crippen LogP contribution in [0.2, 0.25) is 0 Å². The van der Waals surface area contributed by atoms with E-state index in [0.29, 0.717) is 12.0 Å². The Balaban J connectivity index is 1.54. The molecule has 0 bridgehead atoms. The highest BCUT2D eigenvalue weighted by atomic mass is 15.3.